The third-order valence-electron chi connectivity index (χ3n) is 3.99. The summed E-state index contributed by atoms with van der Waals surface area (Å²) in [6.07, 6.45) is 3.41. The van der Waals surface area contributed by atoms with Crippen LogP contribution in [0.3, 0.4) is 0 Å². The first-order valence-corrected chi connectivity index (χ1v) is 9.11. The van der Waals surface area contributed by atoms with Gasteiger partial charge in [0, 0.05) is 43.5 Å². The Morgan fingerprint density at radius 3 is 2.92 bits per heavy atom. The van der Waals surface area contributed by atoms with E-state index >= 15 is 0 Å². The molecule has 5 nitrogen and oxygen atoms in total. The molecule has 0 spiro atoms. The van der Waals surface area contributed by atoms with Crippen LogP contribution in [0.2, 0.25) is 0 Å². The average molecular weight is 377 g/mol. The SMILES string of the molecule is O=C(CCN1C(=O)CSC1c1ccc(F)cc1F)NCc1cccnc1. The predicted molar refractivity (Wildman–Crippen MR) is 94.0 cm³/mol. The standard InChI is InChI=1S/C18H17F2N3O2S/c19-13-3-4-14(15(20)8-13)18-23(17(25)11-26-18)7-5-16(24)22-10-12-2-1-6-21-9-12/h1-4,6,8-9,18H,5,7,10-11H2,(H,22,24). The van der Waals surface area contributed by atoms with Gasteiger partial charge in [0.15, 0.2) is 0 Å². The molecular weight excluding hydrogens is 360 g/mol. The Balaban J connectivity index is 1.58. The fourth-order valence-electron chi connectivity index (χ4n) is 2.67. The first kappa shape index (κ1) is 18.3. The summed E-state index contributed by atoms with van der Waals surface area (Å²) in [7, 11) is 0. The largest absolute Gasteiger partial charge is 0.352 e. The van der Waals surface area contributed by atoms with Crippen molar-refractivity contribution in [3.63, 3.8) is 0 Å². The molecule has 1 aromatic carbocycles. The van der Waals surface area contributed by atoms with E-state index in [1.807, 2.05) is 6.07 Å². The monoisotopic (exact) mass is 377 g/mol. The number of benzene rings is 1. The number of hydrogen-bond donors (Lipinski definition) is 1. The summed E-state index contributed by atoms with van der Waals surface area (Å²) in [5.74, 6) is -1.52. The Morgan fingerprint density at radius 1 is 1.35 bits per heavy atom. The highest BCUT2D eigenvalue weighted by molar-refractivity contribution is 8.00. The van der Waals surface area contributed by atoms with Crippen LogP contribution in [0.5, 0.6) is 0 Å². The van der Waals surface area contributed by atoms with E-state index in [4.69, 9.17) is 0 Å². The summed E-state index contributed by atoms with van der Waals surface area (Å²) >= 11 is 1.27. The Kier molecular flexibility index (Phi) is 5.82. The van der Waals surface area contributed by atoms with E-state index in [1.54, 1.807) is 18.5 Å². The Bertz CT molecular complexity index is 804. The van der Waals surface area contributed by atoms with Crippen molar-refractivity contribution in [2.45, 2.75) is 18.3 Å². The molecule has 1 aromatic heterocycles. The second-order valence-electron chi connectivity index (χ2n) is 5.80. The molecule has 0 radical (unpaired) electrons. The quantitative estimate of drug-likeness (QED) is 0.841. The molecule has 0 bridgehead atoms. The number of carbonyl (C=O) groups excluding carboxylic acids is 2. The summed E-state index contributed by atoms with van der Waals surface area (Å²) in [6.45, 7) is 0.525. The number of pyridine rings is 1. The van der Waals surface area contributed by atoms with Crippen LogP contribution in [0.1, 0.15) is 22.9 Å². The lowest BCUT2D eigenvalue weighted by Crippen LogP contribution is -2.33. The normalized spacial score (nSPS) is 16.8. The number of amides is 2. The molecule has 2 aromatic rings. The lowest BCUT2D eigenvalue weighted by Gasteiger charge is -2.24. The number of thioether (sulfide) groups is 1. The number of aromatic nitrogens is 1. The molecule has 8 heteroatoms. The zero-order chi connectivity index (χ0) is 18.5. The van der Waals surface area contributed by atoms with Crippen molar-refractivity contribution in [3.05, 3.63) is 65.5 Å². The van der Waals surface area contributed by atoms with Gasteiger partial charge in [-0.15, -0.1) is 11.8 Å². The maximum absolute atomic E-state index is 14.0. The highest BCUT2D eigenvalue weighted by Gasteiger charge is 2.34. The van der Waals surface area contributed by atoms with Crippen LogP contribution in [0.15, 0.2) is 42.7 Å². The zero-order valence-electron chi connectivity index (χ0n) is 13.8. The van der Waals surface area contributed by atoms with Gasteiger partial charge in [0.25, 0.3) is 0 Å². The second kappa shape index (κ2) is 8.27. The number of rotatable bonds is 6. The first-order chi connectivity index (χ1) is 12.5. The second-order valence-corrected chi connectivity index (χ2v) is 6.87. The fraction of sp³-hybridized carbons (Fsp3) is 0.278. The minimum absolute atomic E-state index is 0.103. The van der Waals surface area contributed by atoms with Gasteiger partial charge < -0.3 is 10.2 Å². The van der Waals surface area contributed by atoms with E-state index in [2.05, 4.69) is 10.3 Å². The van der Waals surface area contributed by atoms with Gasteiger partial charge in [-0.1, -0.05) is 12.1 Å². The van der Waals surface area contributed by atoms with Crippen molar-refractivity contribution in [1.82, 2.24) is 15.2 Å². The molecule has 1 atom stereocenters. The van der Waals surface area contributed by atoms with Crippen molar-refractivity contribution in [3.8, 4) is 0 Å². The first-order valence-electron chi connectivity index (χ1n) is 8.06. The van der Waals surface area contributed by atoms with E-state index in [0.717, 1.165) is 11.6 Å². The highest BCUT2D eigenvalue weighted by Crippen LogP contribution is 2.39. The number of carbonyl (C=O) groups is 2. The Morgan fingerprint density at radius 2 is 2.19 bits per heavy atom. The van der Waals surface area contributed by atoms with E-state index < -0.39 is 17.0 Å². The molecule has 1 aliphatic rings. The molecule has 136 valence electrons. The van der Waals surface area contributed by atoms with E-state index in [-0.39, 0.29) is 36.1 Å². The molecule has 2 amide bonds. The minimum atomic E-state index is -0.691. The maximum Gasteiger partial charge on any atom is 0.233 e. The molecule has 0 saturated carbocycles. The van der Waals surface area contributed by atoms with Crippen LogP contribution in [0, 0.1) is 11.6 Å². The smallest absolute Gasteiger partial charge is 0.233 e. The lowest BCUT2D eigenvalue weighted by molar-refractivity contribution is -0.129. The number of nitrogens with one attached hydrogen (secondary N) is 1. The third kappa shape index (κ3) is 4.37. The Labute approximate surface area is 153 Å². The molecular formula is C18H17F2N3O2S. The van der Waals surface area contributed by atoms with Crippen LogP contribution < -0.4 is 5.32 Å². The number of hydrogen-bond acceptors (Lipinski definition) is 4. The van der Waals surface area contributed by atoms with Gasteiger partial charge in [0.05, 0.1) is 5.75 Å². The minimum Gasteiger partial charge on any atom is -0.352 e. The topological polar surface area (TPSA) is 62.3 Å². The number of halogens is 2. The zero-order valence-corrected chi connectivity index (χ0v) is 14.6. The predicted octanol–water partition coefficient (Wildman–Crippen LogP) is 2.64. The molecule has 1 aliphatic heterocycles. The molecule has 3 rings (SSSR count). The molecule has 1 saturated heterocycles. The summed E-state index contributed by atoms with van der Waals surface area (Å²) in [6, 6.07) is 6.94. The fourth-order valence-corrected chi connectivity index (χ4v) is 3.91. The van der Waals surface area contributed by atoms with E-state index in [1.165, 1.54) is 28.8 Å². The van der Waals surface area contributed by atoms with Crippen molar-refractivity contribution in [2.75, 3.05) is 12.3 Å². The average Bonchev–Trinajstić information content (AvgIpc) is 2.99. The van der Waals surface area contributed by atoms with Gasteiger partial charge in [0.1, 0.15) is 17.0 Å². The van der Waals surface area contributed by atoms with E-state index in [9.17, 15) is 18.4 Å². The third-order valence-corrected chi connectivity index (χ3v) is 5.23. The van der Waals surface area contributed by atoms with Gasteiger partial charge in [-0.25, -0.2) is 8.78 Å². The summed E-state index contributed by atoms with van der Waals surface area (Å²) in [5.41, 5.74) is 1.12. The van der Waals surface area contributed by atoms with Gasteiger partial charge in [-0.3, -0.25) is 14.6 Å². The molecule has 1 unspecified atom stereocenters. The van der Waals surface area contributed by atoms with Gasteiger partial charge in [0.2, 0.25) is 11.8 Å². The van der Waals surface area contributed by atoms with E-state index in [0.29, 0.717) is 6.54 Å². The van der Waals surface area contributed by atoms with Crippen molar-refractivity contribution < 1.29 is 18.4 Å². The van der Waals surface area contributed by atoms with Gasteiger partial charge >= 0.3 is 0 Å². The van der Waals surface area contributed by atoms with Crippen LogP contribution in [0.25, 0.3) is 0 Å². The molecule has 0 aliphatic carbocycles. The van der Waals surface area contributed by atoms with Crippen molar-refractivity contribution in [2.24, 2.45) is 0 Å². The molecule has 1 N–H and O–H groups in total. The number of nitrogens with zero attached hydrogens (tertiary/aromatic N) is 2. The van der Waals surface area contributed by atoms with Crippen molar-refractivity contribution >= 4 is 23.6 Å². The molecule has 1 fully saturated rings. The van der Waals surface area contributed by atoms with Crippen LogP contribution in [-0.2, 0) is 16.1 Å². The lowest BCUT2D eigenvalue weighted by atomic mass is 10.2. The summed E-state index contributed by atoms with van der Waals surface area (Å²) < 4.78 is 27.1. The summed E-state index contributed by atoms with van der Waals surface area (Å²) in [5, 5.41) is 2.22. The highest BCUT2D eigenvalue weighted by atomic mass is 32.2. The Hall–Kier alpha value is -2.48. The molecule has 26 heavy (non-hydrogen) atoms. The van der Waals surface area contributed by atoms with Gasteiger partial charge in [-0.2, -0.15) is 0 Å². The molecule has 2 heterocycles. The van der Waals surface area contributed by atoms with Crippen LogP contribution >= 0.6 is 11.8 Å². The van der Waals surface area contributed by atoms with Gasteiger partial charge in [-0.05, 0) is 17.7 Å². The summed E-state index contributed by atoms with van der Waals surface area (Å²) in [4.78, 5) is 29.6. The van der Waals surface area contributed by atoms with Crippen LogP contribution in [0.4, 0.5) is 8.78 Å². The maximum atomic E-state index is 14.0. The van der Waals surface area contributed by atoms with Crippen LogP contribution in [-0.4, -0.2) is 34.0 Å². The van der Waals surface area contributed by atoms with Crippen molar-refractivity contribution in [1.29, 1.82) is 0 Å².